The van der Waals surface area contributed by atoms with E-state index >= 15 is 4.79 Å². The number of phenols is 2. The molecule has 4 aromatic carbocycles. The molecular formula is C69H86N20O15. The number of carbonyl (C=O) groups is 13. The summed E-state index contributed by atoms with van der Waals surface area (Å²) in [6, 6.07) is 8.43. The molecule has 0 aliphatic carbocycles. The van der Waals surface area contributed by atoms with Gasteiger partial charge < -0.3 is 107 Å². The molecule has 104 heavy (non-hydrogen) atoms. The van der Waals surface area contributed by atoms with E-state index < -0.39 is 169 Å². The standard InChI is InChI=1S/C69H86N20O15/c1-36-59(95)84-49(27-37-9-3-2-4-10-37)64(100)88-54(66(102)83-48(58(72)94)26-39-17-21-43(91)22-18-39)34-78-61(97)52(85-60(96)45(70)25-38-15-19-42(90)20-16-38)31-57(93)81-53(29-41-33-75-35-79-41)68(104)89-24-8-14-55(89)67(103)82-47(13-7-23-76-69(73)74)62(98)86-50(28-40-32-77-46-12-6-5-11-44(40)46)65(101)87-51(30-56(71)92)63(99)80-36/h2-6,9-12,15-22,32-33,35-36,45,47-55,77,90-91H,7-8,13-14,23-31,34,70H2,1H3,(H2,71,92)(H2,72,94)(H,75,79)(H,78,97)(H,80,99)(H,81,93)(H,82,103)(H,83,102)(H,84,95)(H,85,96)(H,86,98)(H,87,101)(H,88,100)(H4,73,74,76)/t36-,45-,47-,48-,49-,50-,51-,52+,53-,54?,55-/m0/s1. The number of aromatic hydroxyl groups is 2. The second-order valence-electron chi connectivity index (χ2n) is 25.3. The molecule has 0 radical (unpaired) electrons. The highest BCUT2D eigenvalue weighted by Crippen LogP contribution is 2.23. The molecule has 11 atom stereocenters. The lowest BCUT2D eigenvalue weighted by Gasteiger charge is -2.30. The van der Waals surface area contributed by atoms with Crippen LogP contribution in [0, 0.1) is 5.41 Å². The van der Waals surface area contributed by atoms with Crippen molar-refractivity contribution in [3.8, 4) is 11.5 Å². The number of imidazole rings is 1. The average Bonchev–Trinajstić information content (AvgIpc) is 1.65. The molecule has 35 nitrogen and oxygen atoms in total. The van der Waals surface area contributed by atoms with Crippen molar-refractivity contribution >= 4 is 93.7 Å². The minimum Gasteiger partial charge on any atom is -0.508 e. The van der Waals surface area contributed by atoms with E-state index in [1.54, 1.807) is 60.8 Å². The molecule has 4 heterocycles. The minimum atomic E-state index is -1.93. The van der Waals surface area contributed by atoms with Gasteiger partial charge in [-0.15, -0.1) is 0 Å². The van der Waals surface area contributed by atoms with Crippen molar-refractivity contribution < 1.29 is 72.5 Å². The monoisotopic (exact) mass is 1430 g/mol. The summed E-state index contributed by atoms with van der Waals surface area (Å²) < 4.78 is 0. The molecule has 35 heteroatoms. The van der Waals surface area contributed by atoms with Crippen molar-refractivity contribution in [1.82, 2.24) is 78.3 Å². The number of hydrogen-bond donors (Lipinski definition) is 20. The van der Waals surface area contributed by atoms with Gasteiger partial charge in [-0.2, -0.15) is 0 Å². The number of nitrogens with zero attached hydrogens (tertiary/aromatic N) is 2. The van der Waals surface area contributed by atoms with Crippen LogP contribution in [0.5, 0.6) is 11.5 Å². The Kier molecular flexibility index (Phi) is 27.3. The molecule has 2 aromatic heterocycles. The van der Waals surface area contributed by atoms with Gasteiger partial charge in [0.05, 0.1) is 30.9 Å². The quantitative estimate of drug-likeness (QED) is 0.0184. The predicted molar refractivity (Wildman–Crippen MR) is 374 cm³/mol. The van der Waals surface area contributed by atoms with Gasteiger partial charge in [0, 0.05) is 68.6 Å². The number of aromatic amines is 2. The number of primary amides is 2. The van der Waals surface area contributed by atoms with Crippen molar-refractivity contribution in [1.29, 1.82) is 5.41 Å². The predicted octanol–water partition coefficient (Wildman–Crippen LogP) is -4.34. The number of nitrogens with two attached hydrogens (primary N) is 4. The lowest BCUT2D eigenvalue weighted by molar-refractivity contribution is -0.142. The first-order valence-corrected chi connectivity index (χ1v) is 33.5. The van der Waals surface area contributed by atoms with E-state index in [2.05, 4.69) is 73.4 Å². The van der Waals surface area contributed by atoms with Gasteiger partial charge in [0.2, 0.25) is 76.8 Å². The number of fused-ring (bicyclic) bond motifs is 2. The summed E-state index contributed by atoms with van der Waals surface area (Å²) in [6.07, 6.45) is 1.33. The number of nitrogens with one attached hydrogen (secondary N) is 14. The van der Waals surface area contributed by atoms with Crippen LogP contribution in [0.25, 0.3) is 10.9 Å². The number of H-pyrrole nitrogens is 2. The van der Waals surface area contributed by atoms with Gasteiger partial charge in [0.1, 0.15) is 71.9 Å². The van der Waals surface area contributed by atoms with Crippen LogP contribution >= 0.6 is 0 Å². The second kappa shape index (κ2) is 36.8. The second-order valence-corrected chi connectivity index (χ2v) is 25.3. The van der Waals surface area contributed by atoms with E-state index in [0.29, 0.717) is 33.2 Å². The van der Waals surface area contributed by atoms with Crippen LogP contribution in [0.4, 0.5) is 0 Å². The van der Waals surface area contributed by atoms with Crippen LogP contribution in [-0.2, 0) is 94.4 Å². The zero-order valence-electron chi connectivity index (χ0n) is 56.7. The zero-order chi connectivity index (χ0) is 75.1. The number of guanidine groups is 1. The van der Waals surface area contributed by atoms with Gasteiger partial charge in [0.25, 0.3) is 0 Å². The number of para-hydroxylation sites is 1. The minimum absolute atomic E-state index is 0.0250. The summed E-state index contributed by atoms with van der Waals surface area (Å²) >= 11 is 0. The Balaban J connectivity index is 1.20. The lowest BCUT2D eigenvalue weighted by Crippen LogP contribution is -2.62. The van der Waals surface area contributed by atoms with Crippen LogP contribution in [-0.4, -0.2) is 199 Å². The van der Waals surface area contributed by atoms with Gasteiger partial charge in [-0.3, -0.25) is 67.7 Å². The van der Waals surface area contributed by atoms with Gasteiger partial charge in [-0.1, -0.05) is 72.8 Å². The van der Waals surface area contributed by atoms with Crippen molar-refractivity contribution in [3.63, 3.8) is 0 Å². The van der Waals surface area contributed by atoms with Crippen molar-refractivity contribution in [2.75, 3.05) is 19.6 Å². The van der Waals surface area contributed by atoms with E-state index in [9.17, 15) is 67.7 Å². The molecule has 8 rings (SSSR count). The Hall–Kier alpha value is -12.4. The normalized spacial score (nSPS) is 22.1. The summed E-state index contributed by atoms with van der Waals surface area (Å²) in [4.78, 5) is 199. The zero-order valence-corrected chi connectivity index (χ0v) is 56.7. The molecule has 0 spiro atoms. The molecule has 2 saturated heterocycles. The molecule has 0 bridgehead atoms. The molecule has 2 aliphatic heterocycles. The molecule has 0 saturated carbocycles. The van der Waals surface area contributed by atoms with Gasteiger partial charge in [-0.05, 0) is 91.6 Å². The van der Waals surface area contributed by atoms with Crippen molar-refractivity contribution in [2.24, 2.45) is 22.9 Å². The summed E-state index contributed by atoms with van der Waals surface area (Å²) in [6.45, 7) is 0.263. The van der Waals surface area contributed by atoms with Crippen LogP contribution in [0.2, 0.25) is 0 Å². The summed E-state index contributed by atoms with van der Waals surface area (Å²) in [7, 11) is 0. The largest absolute Gasteiger partial charge is 0.508 e. The molecule has 552 valence electrons. The van der Waals surface area contributed by atoms with Gasteiger partial charge in [-0.25, -0.2) is 4.98 Å². The lowest BCUT2D eigenvalue weighted by atomic mass is 10.0. The number of carbonyl (C=O) groups excluding carboxylic acids is 13. The maximum absolute atomic E-state index is 15.1. The highest BCUT2D eigenvalue weighted by molar-refractivity contribution is 6.01. The topological polar surface area (TPSA) is 570 Å². The average molecular weight is 1440 g/mol. The first kappa shape index (κ1) is 77.3. The summed E-state index contributed by atoms with van der Waals surface area (Å²) in [5.74, 6) is -14.1. The maximum Gasteiger partial charge on any atom is 0.246 e. The molecule has 2 fully saturated rings. The molecule has 13 amide bonds. The van der Waals surface area contributed by atoms with E-state index in [0.717, 1.165) is 0 Å². The van der Waals surface area contributed by atoms with Crippen molar-refractivity contribution in [3.05, 3.63) is 150 Å². The highest BCUT2D eigenvalue weighted by atomic mass is 16.3. The Bertz CT molecular complexity index is 4080. The van der Waals surface area contributed by atoms with E-state index in [1.165, 1.54) is 72.9 Å². The number of rotatable bonds is 21. The number of phenolic OH excluding ortho intramolecular Hbond substituents is 2. The van der Waals surface area contributed by atoms with Crippen LogP contribution in [0.1, 0.15) is 73.4 Å². The molecule has 2 aliphatic rings. The number of hydrogen-bond acceptors (Lipinski definition) is 18. The highest BCUT2D eigenvalue weighted by Gasteiger charge is 2.41. The summed E-state index contributed by atoms with van der Waals surface area (Å²) in [5, 5.41) is 56.4. The van der Waals surface area contributed by atoms with E-state index in [1.807, 2.05) is 0 Å². The summed E-state index contributed by atoms with van der Waals surface area (Å²) in [5.41, 5.74) is 26.1. The molecular weight excluding hydrogens is 1350 g/mol. The molecule has 6 aromatic rings. The smallest absolute Gasteiger partial charge is 0.246 e. The van der Waals surface area contributed by atoms with E-state index in [4.69, 9.17) is 28.3 Å². The fraction of sp³-hybridized carbons (Fsp3) is 0.377. The first-order valence-electron chi connectivity index (χ1n) is 33.5. The van der Waals surface area contributed by atoms with Gasteiger partial charge in [0.15, 0.2) is 5.96 Å². The Morgan fingerprint density at radius 2 is 1.27 bits per heavy atom. The van der Waals surface area contributed by atoms with Crippen molar-refractivity contribution in [2.45, 2.75) is 144 Å². The van der Waals surface area contributed by atoms with Gasteiger partial charge >= 0.3 is 0 Å². The Morgan fingerprint density at radius 1 is 0.654 bits per heavy atom. The fourth-order valence-corrected chi connectivity index (χ4v) is 11.9. The van der Waals surface area contributed by atoms with Crippen LogP contribution in [0.3, 0.4) is 0 Å². The van der Waals surface area contributed by atoms with E-state index in [-0.39, 0.29) is 88.1 Å². The Labute approximate surface area is 595 Å². The first-order chi connectivity index (χ1) is 49.7. The Morgan fingerprint density at radius 3 is 1.93 bits per heavy atom. The van der Waals surface area contributed by atoms with Crippen LogP contribution < -0.4 is 81.4 Å². The van der Waals surface area contributed by atoms with Crippen LogP contribution in [0.15, 0.2) is 122 Å². The third-order valence-corrected chi connectivity index (χ3v) is 17.4. The number of aromatic nitrogens is 3. The number of benzene rings is 4. The molecule has 24 N–H and O–H groups in total. The third kappa shape index (κ3) is 22.5. The maximum atomic E-state index is 15.1. The molecule has 1 unspecified atom stereocenters. The third-order valence-electron chi connectivity index (χ3n) is 17.4. The number of amides is 13. The SMILES string of the molecule is C[C@@H]1NC(=O)[C@H](CC(N)=O)NC(=O)[C@H](Cc2c[nH]c3ccccc23)NC(=O)[C@H](CCCNC(=N)N)NC(=O)[C@@H]2CCCN2C(=O)[C@H](Cc2c[nH]cn2)NC(=O)C[C@@H](NC(=O)[C@@H](N)Cc2ccc(O)cc2)C(=O)NCC(C(=O)N[C@@H](Cc2ccc(O)cc2)C(N)=O)NC(=O)[C@H](Cc2ccccc2)NC1=O. The fourth-order valence-electron chi connectivity index (χ4n) is 11.9.